The first kappa shape index (κ1) is 34.5. The van der Waals surface area contributed by atoms with Crippen molar-refractivity contribution in [2.24, 2.45) is 0 Å². The Balaban J connectivity index is 1.50. The van der Waals surface area contributed by atoms with Crippen molar-refractivity contribution in [1.29, 1.82) is 0 Å². The van der Waals surface area contributed by atoms with Crippen LogP contribution in [0.4, 0.5) is 0 Å². The van der Waals surface area contributed by atoms with Gasteiger partial charge in [-0.25, -0.2) is 0 Å². The van der Waals surface area contributed by atoms with Crippen molar-refractivity contribution < 1.29 is 18.5 Å². The summed E-state index contributed by atoms with van der Waals surface area (Å²) in [5.41, 5.74) is 8.73. The van der Waals surface area contributed by atoms with Gasteiger partial charge in [0, 0.05) is 32.3 Å². The number of hydrogen-bond acceptors (Lipinski definition) is 4. The maximum Gasteiger partial charge on any atom is 0.152 e. The van der Waals surface area contributed by atoms with Crippen LogP contribution in [0, 0.1) is 0 Å². The Morgan fingerprint density at radius 3 is 1.13 bits per heavy atom. The van der Waals surface area contributed by atoms with Gasteiger partial charge >= 0.3 is 0 Å². The highest BCUT2D eigenvalue weighted by molar-refractivity contribution is 7.70. The zero-order valence-corrected chi connectivity index (χ0v) is 32.9. The molecule has 0 aromatic heterocycles. The number of hydrogen-bond donors (Lipinski definition) is 0. The standard InChI is InChI=1S/C46H44O4P2/c1-45(2,3)37-27-29(47-7)25-35(43(37)51-41-23-15-11-19-33(41)31-17-9-13-21-39(31)49-51)36-26-30(48-8)28-38(46(4,5)6)44(36)52-42-24-16-12-20-34(42)32-18-10-14-22-40(32)50-52/h9-28H,1-8H3. The number of rotatable bonds is 5. The van der Waals surface area contributed by atoms with Gasteiger partial charge in [-0.1, -0.05) is 126 Å². The summed E-state index contributed by atoms with van der Waals surface area (Å²) in [5.74, 6) is 3.42. The lowest BCUT2D eigenvalue weighted by Crippen LogP contribution is -2.33. The molecule has 6 heteroatoms. The van der Waals surface area contributed by atoms with Gasteiger partial charge in [0.2, 0.25) is 0 Å². The van der Waals surface area contributed by atoms with Crippen molar-refractivity contribution in [1.82, 2.24) is 0 Å². The molecule has 0 bridgehead atoms. The summed E-state index contributed by atoms with van der Waals surface area (Å²) in [7, 11) is 0.871. The average Bonchev–Trinajstić information content (AvgIpc) is 3.15. The fourth-order valence-corrected chi connectivity index (χ4v) is 12.3. The van der Waals surface area contributed by atoms with Crippen molar-refractivity contribution in [3.8, 4) is 56.4 Å². The monoisotopic (exact) mass is 722 g/mol. The van der Waals surface area contributed by atoms with Gasteiger partial charge in [-0.3, -0.25) is 0 Å². The van der Waals surface area contributed by atoms with Crippen molar-refractivity contribution >= 4 is 37.5 Å². The third-order valence-corrected chi connectivity index (χ3v) is 14.1. The van der Waals surface area contributed by atoms with E-state index in [4.69, 9.17) is 18.5 Å². The van der Waals surface area contributed by atoms with Crippen LogP contribution in [0.2, 0.25) is 0 Å². The van der Waals surface area contributed by atoms with Crippen molar-refractivity contribution in [2.75, 3.05) is 14.2 Å². The highest BCUT2D eigenvalue weighted by atomic mass is 31.1. The molecule has 0 amide bonds. The van der Waals surface area contributed by atoms with Crippen LogP contribution in [-0.4, -0.2) is 14.2 Å². The Morgan fingerprint density at radius 1 is 0.423 bits per heavy atom. The van der Waals surface area contributed by atoms with Crippen LogP contribution in [-0.2, 0) is 10.8 Å². The van der Waals surface area contributed by atoms with Crippen LogP contribution >= 0.6 is 16.3 Å². The van der Waals surface area contributed by atoms with E-state index in [2.05, 4.69) is 163 Å². The Kier molecular flexibility index (Phi) is 8.68. The predicted octanol–water partition coefficient (Wildman–Crippen LogP) is 10.8. The lowest BCUT2D eigenvalue weighted by molar-refractivity contribution is 0.412. The minimum Gasteiger partial charge on any atom is -0.497 e. The molecule has 0 radical (unpaired) electrons. The summed E-state index contributed by atoms with van der Waals surface area (Å²) < 4.78 is 26.7. The molecule has 8 rings (SSSR count). The number of para-hydroxylation sites is 2. The molecule has 0 fully saturated rings. The zero-order chi connectivity index (χ0) is 36.4. The van der Waals surface area contributed by atoms with E-state index in [1.807, 2.05) is 0 Å². The van der Waals surface area contributed by atoms with Gasteiger partial charge in [-0.05, 0) is 80.6 Å². The lowest BCUT2D eigenvalue weighted by atomic mass is 9.82. The van der Waals surface area contributed by atoms with E-state index in [0.29, 0.717) is 0 Å². The second-order valence-corrected chi connectivity index (χ2v) is 18.8. The minimum atomic E-state index is -1.32. The topological polar surface area (TPSA) is 36.9 Å². The summed E-state index contributed by atoms with van der Waals surface area (Å²) in [6.45, 7) is 13.7. The molecule has 4 nitrogen and oxygen atoms in total. The fourth-order valence-electron chi connectivity index (χ4n) is 7.37. The molecule has 2 atom stereocenters. The quantitative estimate of drug-likeness (QED) is 0.166. The predicted molar refractivity (Wildman–Crippen MR) is 220 cm³/mol. The van der Waals surface area contributed by atoms with E-state index < -0.39 is 16.3 Å². The first-order valence-corrected chi connectivity index (χ1v) is 20.3. The molecule has 0 saturated carbocycles. The number of methoxy groups -OCH3 is 2. The number of ether oxygens (including phenoxy) is 2. The maximum absolute atomic E-state index is 7.22. The van der Waals surface area contributed by atoms with Crippen LogP contribution in [0.25, 0.3) is 33.4 Å². The number of benzene rings is 6. The second kappa shape index (κ2) is 13.1. The van der Waals surface area contributed by atoms with Crippen LogP contribution in [0.15, 0.2) is 121 Å². The van der Waals surface area contributed by atoms with E-state index in [1.165, 1.54) is 43.5 Å². The van der Waals surface area contributed by atoms with Crippen LogP contribution < -0.4 is 39.7 Å². The Hall–Kier alpha value is -4.62. The van der Waals surface area contributed by atoms with E-state index in [-0.39, 0.29) is 10.8 Å². The van der Waals surface area contributed by atoms with E-state index in [9.17, 15) is 0 Å². The second-order valence-electron chi connectivity index (χ2n) is 15.4. The smallest absolute Gasteiger partial charge is 0.152 e. The first-order chi connectivity index (χ1) is 25.0. The molecule has 6 aromatic rings. The Morgan fingerprint density at radius 2 is 0.769 bits per heavy atom. The molecule has 0 aliphatic carbocycles. The van der Waals surface area contributed by atoms with Gasteiger partial charge in [0.1, 0.15) is 23.0 Å². The zero-order valence-electron chi connectivity index (χ0n) is 31.1. The van der Waals surface area contributed by atoms with Gasteiger partial charge in [0.25, 0.3) is 0 Å². The maximum atomic E-state index is 7.22. The number of fused-ring (bicyclic) bond motifs is 6. The molecule has 0 saturated heterocycles. The third-order valence-electron chi connectivity index (χ3n) is 9.93. The molecular weight excluding hydrogens is 678 g/mol. The van der Waals surface area contributed by atoms with Crippen LogP contribution in [0.3, 0.4) is 0 Å². The third kappa shape index (κ3) is 5.87. The minimum absolute atomic E-state index is 0.236. The summed E-state index contributed by atoms with van der Waals surface area (Å²) in [4.78, 5) is 0. The SMILES string of the molecule is COc1cc(-c2cc(OC)cc(C(C)(C)C)c2P2Oc3ccccc3-c3ccccc32)c(P2Oc3ccccc3-c3ccccc32)c(C(C)(C)C)c1. The van der Waals surface area contributed by atoms with Crippen LogP contribution in [0.5, 0.6) is 23.0 Å². The van der Waals surface area contributed by atoms with Gasteiger partial charge in [0.15, 0.2) is 16.3 Å². The molecule has 2 aliphatic rings. The molecule has 52 heavy (non-hydrogen) atoms. The average molecular weight is 723 g/mol. The molecular formula is C46H44O4P2. The molecule has 0 N–H and O–H groups in total. The summed E-state index contributed by atoms with van der Waals surface area (Å²) in [6, 6.07) is 43.1. The van der Waals surface area contributed by atoms with Gasteiger partial charge in [0.05, 0.1) is 14.2 Å². The summed E-state index contributed by atoms with van der Waals surface area (Å²) >= 11 is 0. The Labute approximate surface area is 310 Å². The highest BCUT2D eigenvalue weighted by Gasteiger charge is 2.39. The Bertz CT molecular complexity index is 2170. The van der Waals surface area contributed by atoms with Gasteiger partial charge in [-0.2, -0.15) is 0 Å². The first-order valence-electron chi connectivity index (χ1n) is 17.8. The van der Waals surface area contributed by atoms with E-state index in [0.717, 1.165) is 45.3 Å². The van der Waals surface area contributed by atoms with Crippen LogP contribution in [0.1, 0.15) is 52.7 Å². The summed E-state index contributed by atoms with van der Waals surface area (Å²) in [5, 5.41) is 4.76. The largest absolute Gasteiger partial charge is 0.497 e. The molecule has 262 valence electrons. The molecule has 2 unspecified atom stereocenters. The van der Waals surface area contributed by atoms with E-state index >= 15 is 0 Å². The van der Waals surface area contributed by atoms with Crippen molar-refractivity contribution in [2.45, 2.75) is 52.4 Å². The summed E-state index contributed by atoms with van der Waals surface area (Å²) in [6.07, 6.45) is 0. The van der Waals surface area contributed by atoms with E-state index in [1.54, 1.807) is 14.2 Å². The van der Waals surface area contributed by atoms with Gasteiger partial charge < -0.3 is 18.5 Å². The molecule has 2 heterocycles. The fraction of sp³-hybridized carbons (Fsp3) is 0.217. The van der Waals surface area contributed by atoms with Gasteiger partial charge in [-0.15, -0.1) is 0 Å². The highest BCUT2D eigenvalue weighted by Crippen LogP contribution is 2.55. The van der Waals surface area contributed by atoms with Crippen molar-refractivity contribution in [3.05, 3.63) is 132 Å². The molecule has 2 aliphatic heterocycles. The van der Waals surface area contributed by atoms with Crippen molar-refractivity contribution in [3.63, 3.8) is 0 Å². The lowest BCUT2D eigenvalue weighted by Gasteiger charge is -2.36. The molecule has 6 aromatic carbocycles. The normalized spacial score (nSPS) is 16.0. The molecule has 0 spiro atoms.